The number of benzene rings is 2. The van der Waals surface area contributed by atoms with Gasteiger partial charge in [0.2, 0.25) is 0 Å². The van der Waals surface area contributed by atoms with E-state index in [1.165, 1.54) is 5.56 Å². The number of hydrogen-bond donors (Lipinski definition) is 0. The average Bonchev–Trinajstić information content (AvgIpc) is 2.97. The Kier molecular flexibility index (Phi) is 11.4. The van der Waals surface area contributed by atoms with Gasteiger partial charge in [0, 0.05) is 50.6 Å². The quantitative estimate of drug-likeness (QED) is 0.145. The number of hydrogen-bond acceptors (Lipinski definition) is 5. The monoisotopic (exact) mass is 548 g/mol. The predicted octanol–water partition coefficient (Wildman–Crippen LogP) is 7.34. The van der Waals surface area contributed by atoms with Crippen LogP contribution in [0.5, 0.6) is 0 Å². The van der Waals surface area contributed by atoms with E-state index in [0.29, 0.717) is 6.42 Å². The number of aromatic nitrogens is 2. The molecule has 41 heavy (non-hydrogen) atoms. The van der Waals surface area contributed by atoms with E-state index >= 15 is 0 Å². The molecular formula is C36H44N4O. The third-order valence-electron chi connectivity index (χ3n) is 7.27. The second kappa shape index (κ2) is 15.4. The van der Waals surface area contributed by atoms with Crippen molar-refractivity contribution in [3.63, 3.8) is 0 Å². The number of ketones is 1. The summed E-state index contributed by atoms with van der Waals surface area (Å²) < 4.78 is 0. The number of pyridine rings is 2. The van der Waals surface area contributed by atoms with Gasteiger partial charge in [-0.15, -0.1) is 0 Å². The fourth-order valence-corrected chi connectivity index (χ4v) is 5.07. The van der Waals surface area contributed by atoms with E-state index in [-0.39, 0.29) is 5.78 Å². The van der Waals surface area contributed by atoms with Crippen molar-refractivity contribution >= 4 is 5.78 Å². The van der Waals surface area contributed by atoms with E-state index in [9.17, 15) is 4.79 Å². The maximum atomic E-state index is 13.1. The lowest BCUT2D eigenvalue weighted by Crippen LogP contribution is -2.24. The van der Waals surface area contributed by atoms with E-state index in [4.69, 9.17) is 0 Å². The van der Waals surface area contributed by atoms with Crippen LogP contribution in [-0.2, 0) is 32.6 Å². The Bertz CT molecular complexity index is 1290. The van der Waals surface area contributed by atoms with Gasteiger partial charge in [0.05, 0.1) is 11.4 Å². The van der Waals surface area contributed by atoms with Crippen molar-refractivity contribution in [1.29, 1.82) is 0 Å². The molecule has 0 saturated heterocycles. The number of rotatable bonds is 15. The summed E-state index contributed by atoms with van der Waals surface area (Å²) in [5, 5.41) is 0. The summed E-state index contributed by atoms with van der Waals surface area (Å²) in [5.41, 5.74) is 8.65. The molecule has 0 aliphatic carbocycles. The van der Waals surface area contributed by atoms with Crippen molar-refractivity contribution in [2.24, 2.45) is 0 Å². The zero-order valence-corrected chi connectivity index (χ0v) is 25.1. The van der Waals surface area contributed by atoms with E-state index in [2.05, 4.69) is 108 Å². The summed E-state index contributed by atoms with van der Waals surface area (Å²) in [7, 11) is 0. The van der Waals surface area contributed by atoms with Crippen molar-refractivity contribution in [1.82, 2.24) is 19.8 Å². The van der Waals surface area contributed by atoms with Crippen LogP contribution in [0.3, 0.4) is 0 Å². The molecule has 4 aromatic rings. The molecule has 214 valence electrons. The fraction of sp³-hybridized carbons (Fsp3) is 0.361. The van der Waals surface area contributed by atoms with Gasteiger partial charge < -0.3 is 0 Å². The van der Waals surface area contributed by atoms with E-state index in [0.717, 1.165) is 91.3 Å². The van der Waals surface area contributed by atoms with Crippen LogP contribution >= 0.6 is 0 Å². The van der Waals surface area contributed by atoms with Crippen LogP contribution in [-0.4, -0.2) is 38.6 Å². The Balaban J connectivity index is 1.38. The zero-order valence-electron chi connectivity index (χ0n) is 25.1. The first-order chi connectivity index (χ1) is 19.9. The second-order valence-electron chi connectivity index (χ2n) is 11.2. The maximum Gasteiger partial charge on any atom is 0.167 e. The molecule has 0 fully saturated rings. The van der Waals surface area contributed by atoms with Gasteiger partial charge in [0.1, 0.15) is 0 Å². The molecule has 0 unspecified atom stereocenters. The molecule has 4 rings (SSSR count). The number of aryl methyl sites for hydroxylation is 2. The van der Waals surface area contributed by atoms with E-state index in [1.807, 2.05) is 24.5 Å². The summed E-state index contributed by atoms with van der Waals surface area (Å²) >= 11 is 0. The molecule has 0 bridgehead atoms. The molecule has 0 aliphatic rings. The second-order valence-corrected chi connectivity index (χ2v) is 11.2. The highest BCUT2D eigenvalue weighted by atomic mass is 16.1. The van der Waals surface area contributed by atoms with Crippen LogP contribution in [0.2, 0.25) is 0 Å². The summed E-state index contributed by atoms with van der Waals surface area (Å²) in [6, 6.07) is 25.0. The van der Waals surface area contributed by atoms with Crippen LogP contribution in [0.15, 0.2) is 85.2 Å². The van der Waals surface area contributed by atoms with Gasteiger partial charge in [-0.05, 0) is 79.7 Å². The molecule has 0 saturated carbocycles. The summed E-state index contributed by atoms with van der Waals surface area (Å²) in [6.07, 6.45) is 6.57. The minimum absolute atomic E-state index is 0.146. The van der Waals surface area contributed by atoms with Crippen LogP contribution in [0, 0.1) is 13.8 Å². The van der Waals surface area contributed by atoms with Gasteiger partial charge >= 0.3 is 0 Å². The molecule has 5 nitrogen and oxygen atoms in total. The van der Waals surface area contributed by atoms with Crippen LogP contribution in [0.1, 0.15) is 76.3 Å². The molecular weight excluding hydrogens is 504 g/mol. The standard InChI is InChI=1S/C36H44N4O/c1-5-19-39(20-6-2)24-31-11-9-30(10-12-31)21-36(41)33-15-13-32(14-16-33)25-40(26-34-17-7-28(3)22-37-34)27-35-18-8-29(4)23-38-35/h7-18,22-23H,5-6,19-21,24-27H2,1-4H3. The Morgan fingerprint density at radius 1 is 0.585 bits per heavy atom. The Labute approximate surface area is 246 Å². The van der Waals surface area contributed by atoms with Crippen LogP contribution in [0.25, 0.3) is 0 Å². The molecule has 0 spiro atoms. The van der Waals surface area contributed by atoms with Gasteiger partial charge in [-0.25, -0.2) is 0 Å². The SMILES string of the molecule is CCCN(CCC)Cc1ccc(CC(=O)c2ccc(CN(Cc3ccc(C)cn3)Cc3ccc(C)cn3)cc2)cc1. The van der Waals surface area contributed by atoms with Gasteiger partial charge in [-0.2, -0.15) is 0 Å². The highest BCUT2D eigenvalue weighted by Crippen LogP contribution is 2.16. The molecule has 0 radical (unpaired) electrons. The summed E-state index contributed by atoms with van der Waals surface area (Å²) in [5.74, 6) is 0.146. The Morgan fingerprint density at radius 2 is 1.05 bits per heavy atom. The zero-order chi connectivity index (χ0) is 29.0. The lowest BCUT2D eigenvalue weighted by Gasteiger charge is -2.22. The highest BCUT2D eigenvalue weighted by Gasteiger charge is 2.13. The average molecular weight is 549 g/mol. The van der Waals surface area contributed by atoms with Crippen LogP contribution < -0.4 is 0 Å². The lowest BCUT2D eigenvalue weighted by atomic mass is 10.0. The van der Waals surface area contributed by atoms with Crippen molar-refractivity contribution in [2.45, 2.75) is 73.1 Å². The largest absolute Gasteiger partial charge is 0.299 e. The smallest absolute Gasteiger partial charge is 0.167 e. The van der Waals surface area contributed by atoms with Crippen molar-refractivity contribution in [2.75, 3.05) is 13.1 Å². The van der Waals surface area contributed by atoms with E-state index < -0.39 is 0 Å². The third kappa shape index (κ3) is 9.73. The fourth-order valence-electron chi connectivity index (χ4n) is 5.07. The first-order valence-corrected chi connectivity index (χ1v) is 14.9. The van der Waals surface area contributed by atoms with Gasteiger partial charge in [0.25, 0.3) is 0 Å². The molecule has 2 aromatic carbocycles. The number of Topliss-reactive ketones (excluding diaryl/α,β-unsaturated/α-hetero) is 1. The lowest BCUT2D eigenvalue weighted by molar-refractivity contribution is 0.0993. The maximum absolute atomic E-state index is 13.1. The minimum atomic E-state index is 0.146. The first-order valence-electron chi connectivity index (χ1n) is 14.9. The molecule has 0 atom stereocenters. The van der Waals surface area contributed by atoms with Gasteiger partial charge in [0.15, 0.2) is 5.78 Å². The topological polar surface area (TPSA) is 49.3 Å². The first kappa shape index (κ1) is 30.3. The molecule has 0 aliphatic heterocycles. The number of carbonyl (C=O) groups is 1. The van der Waals surface area contributed by atoms with E-state index in [1.54, 1.807) is 0 Å². The summed E-state index contributed by atoms with van der Waals surface area (Å²) in [4.78, 5) is 27.2. The highest BCUT2D eigenvalue weighted by molar-refractivity contribution is 5.97. The van der Waals surface area contributed by atoms with Gasteiger partial charge in [-0.3, -0.25) is 24.6 Å². The van der Waals surface area contributed by atoms with Crippen molar-refractivity contribution in [3.8, 4) is 0 Å². The molecule has 5 heteroatoms. The Morgan fingerprint density at radius 3 is 1.51 bits per heavy atom. The molecule has 2 aromatic heterocycles. The third-order valence-corrected chi connectivity index (χ3v) is 7.27. The summed E-state index contributed by atoms with van der Waals surface area (Å²) in [6.45, 7) is 14.0. The normalized spacial score (nSPS) is 11.4. The van der Waals surface area contributed by atoms with Crippen molar-refractivity contribution < 1.29 is 4.79 Å². The molecule has 0 N–H and O–H groups in total. The molecule has 2 heterocycles. The molecule has 0 amide bonds. The minimum Gasteiger partial charge on any atom is -0.299 e. The predicted molar refractivity (Wildman–Crippen MR) is 168 cm³/mol. The number of nitrogens with zero attached hydrogens (tertiary/aromatic N) is 4. The van der Waals surface area contributed by atoms with Crippen molar-refractivity contribution in [3.05, 3.63) is 130 Å². The van der Waals surface area contributed by atoms with Crippen LogP contribution in [0.4, 0.5) is 0 Å². The number of carbonyl (C=O) groups excluding carboxylic acids is 1. The Hall–Kier alpha value is -3.67. The van der Waals surface area contributed by atoms with Gasteiger partial charge in [-0.1, -0.05) is 74.5 Å².